The van der Waals surface area contributed by atoms with Crippen molar-refractivity contribution in [1.29, 1.82) is 0 Å². The molecule has 4 heterocycles. The minimum absolute atomic E-state index is 0.0131. The van der Waals surface area contributed by atoms with E-state index in [0.717, 1.165) is 38.8 Å². The Morgan fingerprint density at radius 3 is 2.63 bits per heavy atom. The van der Waals surface area contributed by atoms with Gasteiger partial charge in [0.15, 0.2) is 11.5 Å². The molecule has 2 fully saturated rings. The number of carbonyl (C=O) groups excluding carboxylic acids is 1. The topological polar surface area (TPSA) is 122 Å². The molecule has 11 nitrogen and oxygen atoms in total. The third-order valence-corrected chi connectivity index (χ3v) is 7.86. The van der Waals surface area contributed by atoms with Crippen molar-refractivity contribution < 1.29 is 33.2 Å². The second-order valence-corrected chi connectivity index (χ2v) is 12.3. The molecule has 2 N–H and O–H groups in total. The number of esters is 1. The van der Waals surface area contributed by atoms with Crippen molar-refractivity contribution >= 4 is 40.0 Å². The molecule has 3 aliphatic heterocycles. The SMILES string of the molecule is CC(C)(C)OC(=O)C(Oc1nc(Nc2c(Cl)ccc3c2OCO3)c2c(OC3CCOCC3)cccc2n1)C1CCNCC1. The first-order valence-corrected chi connectivity index (χ1v) is 15.1. The van der Waals surface area contributed by atoms with Gasteiger partial charge in [0.05, 0.1) is 29.1 Å². The summed E-state index contributed by atoms with van der Waals surface area (Å²) in [6.45, 7) is 8.44. The Balaban J connectivity index is 1.42. The van der Waals surface area contributed by atoms with Crippen molar-refractivity contribution in [3.63, 3.8) is 0 Å². The molecule has 0 saturated carbocycles. The third-order valence-electron chi connectivity index (χ3n) is 7.54. The molecular weight excluding hydrogens is 576 g/mol. The van der Waals surface area contributed by atoms with Crippen LogP contribution < -0.4 is 29.6 Å². The number of nitrogens with zero attached hydrogens (tertiary/aromatic N) is 2. The van der Waals surface area contributed by atoms with E-state index in [4.69, 9.17) is 50.0 Å². The molecule has 1 unspecified atom stereocenters. The average molecular weight is 613 g/mol. The summed E-state index contributed by atoms with van der Waals surface area (Å²) in [7, 11) is 0. The first-order chi connectivity index (χ1) is 20.7. The van der Waals surface area contributed by atoms with Gasteiger partial charge < -0.3 is 39.1 Å². The number of hydrogen-bond donors (Lipinski definition) is 2. The summed E-state index contributed by atoms with van der Waals surface area (Å²) < 4.78 is 35.4. The monoisotopic (exact) mass is 612 g/mol. The number of nitrogens with one attached hydrogen (secondary N) is 2. The predicted molar refractivity (Wildman–Crippen MR) is 161 cm³/mol. The number of ether oxygens (including phenoxy) is 6. The first-order valence-electron chi connectivity index (χ1n) is 14.8. The van der Waals surface area contributed by atoms with Crippen LogP contribution >= 0.6 is 11.6 Å². The van der Waals surface area contributed by atoms with Crippen LogP contribution in [0.5, 0.6) is 23.3 Å². The fraction of sp³-hybridized carbons (Fsp3) is 0.516. The van der Waals surface area contributed by atoms with Gasteiger partial charge in [0, 0.05) is 18.8 Å². The number of halogens is 1. The largest absolute Gasteiger partial charge is 0.489 e. The first kappa shape index (κ1) is 29.5. The normalized spacial score (nSPS) is 18.3. The third kappa shape index (κ3) is 6.84. The minimum atomic E-state index is -0.880. The number of aromatic nitrogens is 2. The molecule has 0 aliphatic carbocycles. The highest BCUT2D eigenvalue weighted by atomic mass is 35.5. The van der Waals surface area contributed by atoms with Gasteiger partial charge in [-0.25, -0.2) is 4.79 Å². The molecule has 0 amide bonds. The zero-order valence-electron chi connectivity index (χ0n) is 24.6. The molecule has 0 bridgehead atoms. The molecule has 1 atom stereocenters. The lowest BCUT2D eigenvalue weighted by molar-refractivity contribution is -0.167. The van der Waals surface area contributed by atoms with Crippen molar-refractivity contribution in [1.82, 2.24) is 15.3 Å². The van der Waals surface area contributed by atoms with Crippen LogP contribution in [0.25, 0.3) is 10.9 Å². The standard InChI is InChI=1S/C31H37ClN4O7/c1-31(2,3)43-29(37)26(18-9-13-33-14-10-18)42-30-34-21-5-4-6-22(41-19-11-15-38-16-12-19)24(21)28(36-30)35-25-20(32)7-8-23-27(25)40-17-39-23/h4-8,18-19,26,33H,9-17H2,1-3H3,(H,34,35,36). The van der Waals surface area contributed by atoms with Gasteiger partial charge in [-0.2, -0.15) is 9.97 Å². The van der Waals surface area contributed by atoms with E-state index in [1.54, 1.807) is 12.1 Å². The van der Waals surface area contributed by atoms with Gasteiger partial charge in [-0.3, -0.25) is 0 Å². The van der Waals surface area contributed by atoms with Gasteiger partial charge in [-0.1, -0.05) is 17.7 Å². The lowest BCUT2D eigenvalue weighted by Gasteiger charge is -2.31. The Hall–Kier alpha value is -3.54. The molecule has 12 heteroatoms. The number of hydrogen-bond acceptors (Lipinski definition) is 11. The molecule has 230 valence electrons. The smallest absolute Gasteiger partial charge is 0.348 e. The zero-order valence-corrected chi connectivity index (χ0v) is 25.4. The van der Waals surface area contributed by atoms with Gasteiger partial charge in [0.25, 0.3) is 0 Å². The van der Waals surface area contributed by atoms with Crippen LogP contribution in [0.4, 0.5) is 11.5 Å². The van der Waals surface area contributed by atoms with Gasteiger partial charge >= 0.3 is 12.0 Å². The lowest BCUT2D eigenvalue weighted by atomic mass is 9.92. The molecule has 1 aromatic heterocycles. The average Bonchev–Trinajstić information content (AvgIpc) is 3.47. The number of carbonyl (C=O) groups is 1. The Morgan fingerprint density at radius 2 is 1.86 bits per heavy atom. The van der Waals surface area contributed by atoms with Gasteiger partial charge in [-0.05, 0) is 71.0 Å². The van der Waals surface area contributed by atoms with E-state index < -0.39 is 17.7 Å². The molecule has 0 radical (unpaired) electrons. The Kier molecular flexibility index (Phi) is 8.65. The molecule has 2 aromatic carbocycles. The second-order valence-electron chi connectivity index (χ2n) is 11.9. The summed E-state index contributed by atoms with van der Waals surface area (Å²) in [6, 6.07) is 9.14. The molecule has 3 aliphatic rings. The van der Waals surface area contributed by atoms with Crippen LogP contribution in [0.15, 0.2) is 30.3 Å². The highest BCUT2D eigenvalue weighted by Gasteiger charge is 2.36. The van der Waals surface area contributed by atoms with Crippen molar-refractivity contribution in [2.45, 2.75) is 64.3 Å². The number of benzene rings is 2. The van der Waals surface area contributed by atoms with Crippen LogP contribution in [0.2, 0.25) is 5.02 Å². The summed E-state index contributed by atoms with van der Waals surface area (Å²) in [4.78, 5) is 23.0. The maximum absolute atomic E-state index is 13.4. The number of piperidine rings is 1. The number of anilines is 2. The Labute approximate surface area is 255 Å². The highest BCUT2D eigenvalue weighted by Crippen LogP contribution is 2.46. The van der Waals surface area contributed by atoms with E-state index in [0.29, 0.717) is 57.9 Å². The van der Waals surface area contributed by atoms with Crippen LogP contribution in [0.1, 0.15) is 46.5 Å². The maximum Gasteiger partial charge on any atom is 0.348 e. The molecule has 0 spiro atoms. The summed E-state index contributed by atoms with van der Waals surface area (Å²) in [6.07, 6.45) is 2.18. The van der Waals surface area contributed by atoms with Crippen LogP contribution in [0.3, 0.4) is 0 Å². The summed E-state index contributed by atoms with van der Waals surface area (Å²) in [5.74, 6) is 1.54. The maximum atomic E-state index is 13.4. The number of rotatable bonds is 8. The van der Waals surface area contributed by atoms with Crippen LogP contribution in [-0.2, 0) is 14.3 Å². The van der Waals surface area contributed by atoms with Gasteiger partial charge in [0.1, 0.15) is 29.0 Å². The fourth-order valence-electron chi connectivity index (χ4n) is 5.49. The van der Waals surface area contributed by atoms with Crippen molar-refractivity contribution in [3.8, 4) is 23.3 Å². The van der Waals surface area contributed by atoms with Gasteiger partial charge in [-0.15, -0.1) is 0 Å². The lowest BCUT2D eigenvalue weighted by Crippen LogP contribution is -2.44. The van der Waals surface area contributed by atoms with Crippen molar-refractivity contribution in [2.75, 3.05) is 38.4 Å². The minimum Gasteiger partial charge on any atom is -0.489 e. The molecule has 43 heavy (non-hydrogen) atoms. The summed E-state index contributed by atoms with van der Waals surface area (Å²) in [5.41, 5.74) is 0.391. The van der Waals surface area contributed by atoms with E-state index in [1.165, 1.54) is 0 Å². The van der Waals surface area contributed by atoms with E-state index in [1.807, 2.05) is 39.0 Å². The van der Waals surface area contributed by atoms with Gasteiger partial charge in [0.2, 0.25) is 12.9 Å². The Morgan fingerprint density at radius 1 is 1.07 bits per heavy atom. The number of fused-ring (bicyclic) bond motifs is 2. The zero-order chi connectivity index (χ0) is 30.0. The predicted octanol–water partition coefficient (Wildman–Crippen LogP) is 5.40. The van der Waals surface area contributed by atoms with E-state index in [2.05, 4.69) is 10.6 Å². The van der Waals surface area contributed by atoms with Crippen LogP contribution in [-0.4, -0.2) is 66.8 Å². The van der Waals surface area contributed by atoms with Crippen molar-refractivity contribution in [3.05, 3.63) is 35.4 Å². The Bertz CT molecular complexity index is 1470. The second kappa shape index (κ2) is 12.6. The fourth-order valence-corrected chi connectivity index (χ4v) is 5.68. The van der Waals surface area contributed by atoms with Crippen LogP contribution in [0, 0.1) is 5.92 Å². The molecule has 3 aromatic rings. The summed E-state index contributed by atoms with van der Waals surface area (Å²) >= 11 is 6.65. The molecule has 2 saturated heterocycles. The van der Waals surface area contributed by atoms with E-state index in [-0.39, 0.29) is 24.8 Å². The van der Waals surface area contributed by atoms with E-state index >= 15 is 0 Å². The molecular formula is C31H37ClN4O7. The highest BCUT2D eigenvalue weighted by molar-refractivity contribution is 6.34. The van der Waals surface area contributed by atoms with Crippen molar-refractivity contribution in [2.24, 2.45) is 5.92 Å². The summed E-state index contributed by atoms with van der Waals surface area (Å²) in [5, 5.41) is 7.76. The molecule has 6 rings (SSSR count). The quantitative estimate of drug-likeness (QED) is 0.318. The van der Waals surface area contributed by atoms with E-state index in [9.17, 15) is 4.79 Å².